The van der Waals surface area contributed by atoms with Gasteiger partial charge in [0.2, 0.25) is 0 Å². The standard InChI is InChI=1S/C11H14BrNO/c1-3-5-9(4-2)13-8-10-6-7-11(12)14-10/h2,6-7,9,13H,3,5,8H2,1H3. The maximum Gasteiger partial charge on any atom is 0.169 e. The Kier molecular flexibility index (Phi) is 4.78. The number of rotatable bonds is 5. The first-order valence-corrected chi connectivity index (χ1v) is 5.49. The minimum Gasteiger partial charge on any atom is -0.453 e. The van der Waals surface area contributed by atoms with Crippen LogP contribution in [0.4, 0.5) is 0 Å². The largest absolute Gasteiger partial charge is 0.453 e. The molecule has 0 aliphatic carbocycles. The van der Waals surface area contributed by atoms with Crippen molar-refractivity contribution in [3.05, 3.63) is 22.6 Å². The molecule has 0 saturated heterocycles. The lowest BCUT2D eigenvalue weighted by Crippen LogP contribution is -2.26. The highest BCUT2D eigenvalue weighted by Gasteiger charge is 2.04. The van der Waals surface area contributed by atoms with E-state index in [0.717, 1.165) is 23.3 Å². The van der Waals surface area contributed by atoms with Gasteiger partial charge in [-0.3, -0.25) is 5.32 Å². The molecule has 0 amide bonds. The summed E-state index contributed by atoms with van der Waals surface area (Å²) in [6.45, 7) is 2.80. The first-order chi connectivity index (χ1) is 6.76. The Bertz CT molecular complexity index is 313. The lowest BCUT2D eigenvalue weighted by Gasteiger charge is -2.09. The van der Waals surface area contributed by atoms with Crippen LogP contribution < -0.4 is 5.32 Å². The first kappa shape index (κ1) is 11.4. The molecule has 1 aromatic rings. The van der Waals surface area contributed by atoms with E-state index in [9.17, 15) is 0 Å². The van der Waals surface area contributed by atoms with E-state index < -0.39 is 0 Å². The number of terminal acetylenes is 1. The second kappa shape index (κ2) is 5.90. The zero-order chi connectivity index (χ0) is 10.4. The average Bonchev–Trinajstić information content (AvgIpc) is 2.59. The average molecular weight is 256 g/mol. The van der Waals surface area contributed by atoms with Crippen molar-refractivity contribution < 1.29 is 4.42 Å². The molecule has 2 nitrogen and oxygen atoms in total. The zero-order valence-electron chi connectivity index (χ0n) is 8.22. The molecule has 76 valence electrons. The molecule has 0 aliphatic rings. The Hall–Kier alpha value is -0.720. The van der Waals surface area contributed by atoms with Crippen LogP contribution in [0.1, 0.15) is 25.5 Å². The molecule has 1 N–H and O–H groups in total. The van der Waals surface area contributed by atoms with Crippen LogP contribution in [0.3, 0.4) is 0 Å². The van der Waals surface area contributed by atoms with Gasteiger partial charge in [0, 0.05) is 0 Å². The number of furan rings is 1. The second-order valence-electron chi connectivity index (χ2n) is 3.09. The summed E-state index contributed by atoms with van der Waals surface area (Å²) in [6, 6.07) is 3.95. The molecule has 1 aromatic heterocycles. The molecule has 14 heavy (non-hydrogen) atoms. The molecular weight excluding hydrogens is 242 g/mol. The Balaban J connectivity index is 2.36. The summed E-state index contributed by atoms with van der Waals surface area (Å²) in [4.78, 5) is 0. The van der Waals surface area contributed by atoms with Crippen LogP contribution in [0, 0.1) is 12.3 Å². The highest BCUT2D eigenvalue weighted by atomic mass is 79.9. The van der Waals surface area contributed by atoms with Gasteiger partial charge in [-0.05, 0) is 34.5 Å². The van der Waals surface area contributed by atoms with Crippen LogP contribution >= 0.6 is 15.9 Å². The third-order valence-corrected chi connectivity index (χ3v) is 2.36. The van der Waals surface area contributed by atoms with Crippen LogP contribution in [0.2, 0.25) is 0 Å². The molecule has 0 aromatic carbocycles. The smallest absolute Gasteiger partial charge is 0.169 e. The van der Waals surface area contributed by atoms with E-state index in [1.807, 2.05) is 12.1 Å². The molecule has 0 aliphatic heterocycles. The monoisotopic (exact) mass is 255 g/mol. The molecule has 0 saturated carbocycles. The van der Waals surface area contributed by atoms with Gasteiger partial charge >= 0.3 is 0 Å². The molecule has 0 spiro atoms. The van der Waals surface area contributed by atoms with Gasteiger partial charge in [0.05, 0.1) is 12.6 Å². The lowest BCUT2D eigenvalue weighted by atomic mass is 10.2. The van der Waals surface area contributed by atoms with E-state index in [1.165, 1.54) is 0 Å². The SMILES string of the molecule is C#CC(CCC)NCc1ccc(Br)o1. The lowest BCUT2D eigenvalue weighted by molar-refractivity contribution is 0.448. The Labute approximate surface area is 93.2 Å². The molecule has 1 heterocycles. The van der Waals surface area contributed by atoms with Crippen LogP contribution in [0.25, 0.3) is 0 Å². The van der Waals surface area contributed by atoms with Gasteiger partial charge in [-0.1, -0.05) is 19.3 Å². The molecule has 1 atom stereocenters. The topological polar surface area (TPSA) is 25.2 Å². The van der Waals surface area contributed by atoms with E-state index in [4.69, 9.17) is 10.8 Å². The Morgan fingerprint density at radius 1 is 1.64 bits per heavy atom. The highest BCUT2D eigenvalue weighted by Crippen LogP contribution is 2.13. The van der Waals surface area contributed by atoms with Crippen molar-refractivity contribution in [1.82, 2.24) is 5.32 Å². The molecule has 1 rings (SSSR count). The quantitative estimate of drug-likeness (QED) is 0.819. The maximum atomic E-state index is 5.38. The fourth-order valence-electron chi connectivity index (χ4n) is 1.20. The number of nitrogens with one attached hydrogen (secondary N) is 1. The van der Waals surface area contributed by atoms with Gasteiger partial charge in [-0.2, -0.15) is 0 Å². The van der Waals surface area contributed by atoms with Crippen molar-refractivity contribution in [1.29, 1.82) is 0 Å². The van der Waals surface area contributed by atoms with Crippen molar-refractivity contribution in [2.75, 3.05) is 0 Å². The fraction of sp³-hybridized carbons (Fsp3) is 0.455. The van der Waals surface area contributed by atoms with Gasteiger partial charge in [0.1, 0.15) is 5.76 Å². The van der Waals surface area contributed by atoms with Crippen molar-refractivity contribution in [3.63, 3.8) is 0 Å². The predicted molar refractivity (Wildman–Crippen MR) is 60.8 cm³/mol. The van der Waals surface area contributed by atoms with Crippen molar-refractivity contribution in [3.8, 4) is 12.3 Å². The maximum absolute atomic E-state index is 5.38. The molecular formula is C11H14BrNO. The van der Waals surface area contributed by atoms with Gasteiger partial charge in [0.25, 0.3) is 0 Å². The summed E-state index contributed by atoms with van der Waals surface area (Å²) in [6.07, 6.45) is 7.46. The van der Waals surface area contributed by atoms with Crippen LogP contribution in [-0.2, 0) is 6.54 Å². The fourth-order valence-corrected chi connectivity index (χ4v) is 1.54. The highest BCUT2D eigenvalue weighted by molar-refractivity contribution is 9.10. The van der Waals surface area contributed by atoms with Crippen molar-refractivity contribution in [2.24, 2.45) is 0 Å². The Morgan fingerprint density at radius 3 is 2.93 bits per heavy atom. The molecule has 0 radical (unpaired) electrons. The number of hydrogen-bond acceptors (Lipinski definition) is 2. The zero-order valence-corrected chi connectivity index (χ0v) is 9.80. The normalized spacial score (nSPS) is 12.4. The molecule has 0 bridgehead atoms. The molecule has 3 heteroatoms. The Morgan fingerprint density at radius 2 is 2.43 bits per heavy atom. The van der Waals surface area contributed by atoms with Gasteiger partial charge < -0.3 is 4.42 Å². The van der Waals surface area contributed by atoms with E-state index in [0.29, 0.717) is 6.54 Å². The predicted octanol–water partition coefficient (Wildman–Crippen LogP) is 2.93. The first-order valence-electron chi connectivity index (χ1n) is 4.70. The van der Waals surface area contributed by atoms with E-state index in [-0.39, 0.29) is 6.04 Å². The molecule has 1 unspecified atom stereocenters. The van der Waals surface area contributed by atoms with Crippen LogP contribution in [0.15, 0.2) is 21.2 Å². The van der Waals surface area contributed by atoms with Crippen molar-refractivity contribution >= 4 is 15.9 Å². The van der Waals surface area contributed by atoms with Gasteiger partial charge in [-0.15, -0.1) is 6.42 Å². The summed E-state index contributed by atoms with van der Waals surface area (Å²) in [7, 11) is 0. The van der Waals surface area contributed by atoms with E-state index in [2.05, 4.69) is 34.1 Å². The third-order valence-electron chi connectivity index (χ3n) is 1.93. The summed E-state index contributed by atoms with van der Waals surface area (Å²) >= 11 is 3.25. The summed E-state index contributed by atoms with van der Waals surface area (Å²) in [5.74, 6) is 3.61. The number of hydrogen-bond donors (Lipinski definition) is 1. The van der Waals surface area contributed by atoms with Crippen molar-refractivity contribution in [2.45, 2.75) is 32.4 Å². The van der Waals surface area contributed by atoms with Crippen LogP contribution in [-0.4, -0.2) is 6.04 Å². The summed E-state index contributed by atoms with van der Waals surface area (Å²) < 4.78 is 6.09. The van der Waals surface area contributed by atoms with E-state index in [1.54, 1.807) is 0 Å². The van der Waals surface area contributed by atoms with Gasteiger partial charge in [-0.25, -0.2) is 0 Å². The minimum atomic E-state index is 0.142. The molecule has 0 fully saturated rings. The minimum absolute atomic E-state index is 0.142. The van der Waals surface area contributed by atoms with Crippen LogP contribution in [0.5, 0.6) is 0 Å². The summed E-state index contributed by atoms with van der Waals surface area (Å²) in [5, 5.41) is 3.25. The van der Waals surface area contributed by atoms with E-state index >= 15 is 0 Å². The number of halogens is 1. The second-order valence-corrected chi connectivity index (χ2v) is 3.88. The summed E-state index contributed by atoms with van der Waals surface area (Å²) in [5.41, 5.74) is 0. The van der Waals surface area contributed by atoms with Gasteiger partial charge in [0.15, 0.2) is 4.67 Å². The third kappa shape index (κ3) is 3.57.